The highest BCUT2D eigenvalue weighted by Crippen LogP contribution is 2.21. The third kappa shape index (κ3) is 4.26. The van der Waals surface area contributed by atoms with Crippen molar-refractivity contribution in [2.45, 2.75) is 19.9 Å². The third-order valence-corrected chi connectivity index (χ3v) is 5.45. The van der Waals surface area contributed by atoms with Crippen molar-refractivity contribution in [3.8, 4) is 11.3 Å². The summed E-state index contributed by atoms with van der Waals surface area (Å²) < 4.78 is 5.23. The molecule has 1 atom stereocenters. The van der Waals surface area contributed by atoms with Gasteiger partial charge in [-0.2, -0.15) is 0 Å². The first-order valence-corrected chi connectivity index (χ1v) is 10.2. The number of amides is 2. The predicted molar refractivity (Wildman–Crippen MR) is 115 cm³/mol. The topological polar surface area (TPSA) is 83.7 Å². The van der Waals surface area contributed by atoms with Crippen LogP contribution in [-0.4, -0.2) is 58.2 Å². The zero-order chi connectivity index (χ0) is 22.0. The molecule has 1 aliphatic heterocycles. The van der Waals surface area contributed by atoms with Gasteiger partial charge in [0.1, 0.15) is 0 Å². The van der Waals surface area contributed by atoms with Crippen LogP contribution in [0.4, 0.5) is 0 Å². The van der Waals surface area contributed by atoms with E-state index >= 15 is 0 Å². The van der Waals surface area contributed by atoms with Gasteiger partial charge in [-0.3, -0.25) is 14.4 Å². The maximum atomic E-state index is 12.9. The Labute approximate surface area is 180 Å². The van der Waals surface area contributed by atoms with Crippen LogP contribution in [-0.2, 0) is 4.79 Å². The van der Waals surface area contributed by atoms with Crippen LogP contribution in [0.3, 0.4) is 0 Å². The summed E-state index contributed by atoms with van der Waals surface area (Å²) in [5, 5.41) is 3.86. The van der Waals surface area contributed by atoms with Crippen LogP contribution >= 0.6 is 0 Å². The van der Waals surface area contributed by atoms with Gasteiger partial charge >= 0.3 is 0 Å². The van der Waals surface area contributed by atoms with E-state index in [0.29, 0.717) is 36.5 Å². The van der Waals surface area contributed by atoms with E-state index in [-0.39, 0.29) is 11.9 Å². The van der Waals surface area contributed by atoms with Gasteiger partial charge in [-0.15, -0.1) is 0 Å². The fraction of sp³-hybridized carbons (Fsp3) is 0.250. The number of carbonyl (C=O) groups is 3. The second kappa shape index (κ2) is 8.55. The summed E-state index contributed by atoms with van der Waals surface area (Å²) in [5.74, 6) is -0.572. The van der Waals surface area contributed by atoms with Crippen LogP contribution in [0.2, 0.25) is 0 Å². The zero-order valence-electron chi connectivity index (χ0n) is 17.4. The Hall–Kier alpha value is -3.74. The van der Waals surface area contributed by atoms with E-state index in [4.69, 9.17) is 4.52 Å². The molecule has 7 heteroatoms. The van der Waals surface area contributed by atoms with Crippen molar-refractivity contribution in [1.82, 2.24) is 15.0 Å². The molecule has 2 heterocycles. The molecule has 31 heavy (non-hydrogen) atoms. The molecular weight excluding hydrogens is 394 g/mol. The molecule has 0 aliphatic carbocycles. The Bertz CT molecular complexity index is 1110. The minimum Gasteiger partial charge on any atom is -0.356 e. The van der Waals surface area contributed by atoms with E-state index < -0.39 is 11.7 Å². The number of hydrogen-bond acceptors (Lipinski definition) is 5. The molecule has 7 nitrogen and oxygen atoms in total. The number of piperazine rings is 1. The standard InChI is InChI=1S/C24H23N3O4/c1-16-14-21(31-25-16)18-8-10-19(11-9-18)22(28)24(30)27-13-12-26(15-17(27)2)23(29)20-6-4-3-5-7-20/h3-11,14,17H,12-13,15H2,1-2H3. The van der Waals surface area contributed by atoms with Crippen LogP contribution < -0.4 is 0 Å². The smallest absolute Gasteiger partial charge is 0.295 e. The van der Waals surface area contributed by atoms with Crippen molar-refractivity contribution >= 4 is 17.6 Å². The minimum absolute atomic E-state index is 0.0656. The average molecular weight is 417 g/mol. The van der Waals surface area contributed by atoms with Gasteiger partial charge < -0.3 is 14.3 Å². The number of Topliss-reactive ketones (excluding diaryl/α,β-unsaturated/α-hetero) is 1. The molecule has 4 rings (SSSR count). The van der Waals surface area contributed by atoms with Crippen molar-refractivity contribution in [2.24, 2.45) is 0 Å². The lowest BCUT2D eigenvalue weighted by Crippen LogP contribution is -2.56. The first-order valence-electron chi connectivity index (χ1n) is 10.2. The first kappa shape index (κ1) is 20.5. The predicted octanol–water partition coefficient (Wildman–Crippen LogP) is 3.21. The average Bonchev–Trinajstić information content (AvgIpc) is 3.24. The first-order chi connectivity index (χ1) is 14.9. The second-order valence-electron chi connectivity index (χ2n) is 7.70. The van der Waals surface area contributed by atoms with Crippen LogP contribution in [0, 0.1) is 6.92 Å². The van der Waals surface area contributed by atoms with Gasteiger partial charge in [-0.05, 0) is 26.0 Å². The molecule has 3 aromatic rings. The number of aromatic nitrogens is 1. The Morgan fingerprint density at radius 2 is 1.68 bits per heavy atom. The largest absolute Gasteiger partial charge is 0.356 e. The Morgan fingerprint density at radius 3 is 2.29 bits per heavy atom. The van der Waals surface area contributed by atoms with Crippen molar-refractivity contribution in [3.63, 3.8) is 0 Å². The number of rotatable bonds is 4. The maximum Gasteiger partial charge on any atom is 0.295 e. The number of nitrogens with zero attached hydrogens (tertiary/aromatic N) is 3. The molecule has 1 fully saturated rings. The highest BCUT2D eigenvalue weighted by Gasteiger charge is 2.33. The van der Waals surface area contributed by atoms with Crippen LogP contribution in [0.5, 0.6) is 0 Å². The molecule has 0 spiro atoms. The molecule has 1 unspecified atom stereocenters. The fourth-order valence-corrected chi connectivity index (χ4v) is 3.75. The van der Waals surface area contributed by atoms with Crippen molar-refractivity contribution in [3.05, 3.63) is 77.5 Å². The van der Waals surface area contributed by atoms with Gasteiger partial charge in [0.05, 0.1) is 5.69 Å². The lowest BCUT2D eigenvalue weighted by Gasteiger charge is -2.39. The quantitative estimate of drug-likeness (QED) is 0.481. The van der Waals surface area contributed by atoms with Crippen molar-refractivity contribution < 1.29 is 18.9 Å². The SMILES string of the molecule is Cc1cc(-c2ccc(C(=O)C(=O)N3CCN(C(=O)c4ccccc4)CC3C)cc2)on1. The summed E-state index contributed by atoms with van der Waals surface area (Å²) in [4.78, 5) is 41.6. The fourth-order valence-electron chi connectivity index (χ4n) is 3.75. The molecule has 2 amide bonds. The Morgan fingerprint density at radius 1 is 0.968 bits per heavy atom. The highest BCUT2D eigenvalue weighted by molar-refractivity contribution is 6.42. The summed E-state index contributed by atoms with van der Waals surface area (Å²) in [6, 6.07) is 17.3. The molecule has 0 N–H and O–H groups in total. The summed E-state index contributed by atoms with van der Waals surface area (Å²) in [6.45, 7) is 4.78. The van der Waals surface area contributed by atoms with Crippen LogP contribution in [0.1, 0.15) is 33.3 Å². The number of carbonyl (C=O) groups excluding carboxylic acids is 3. The molecule has 0 saturated carbocycles. The van der Waals surface area contributed by atoms with E-state index in [1.54, 1.807) is 52.3 Å². The van der Waals surface area contributed by atoms with Gasteiger partial charge in [0.2, 0.25) is 5.78 Å². The number of hydrogen-bond donors (Lipinski definition) is 0. The summed E-state index contributed by atoms with van der Waals surface area (Å²) in [6.07, 6.45) is 0. The van der Waals surface area contributed by atoms with Gasteiger partial charge in [0, 0.05) is 48.4 Å². The number of benzene rings is 2. The second-order valence-corrected chi connectivity index (χ2v) is 7.70. The van der Waals surface area contributed by atoms with Crippen molar-refractivity contribution in [2.75, 3.05) is 19.6 Å². The normalized spacial score (nSPS) is 16.3. The number of ketones is 1. The van der Waals surface area contributed by atoms with Crippen molar-refractivity contribution in [1.29, 1.82) is 0 Å². The van der Waals surface area contributed by atoms with E-state index in [2.05, 4.69) is 5.16 Å². The summed E-state index contributed by atoms with van der Waals surface area (Å²) in [5.41, 5.74) is 2.49. The van der Waals surface area contributed by atoms with E-state index in [1.165, 1.54) is 0 Å². The van der Waals surface area contributed by atoms with Gasteiger partial charge in [0.25, 0.3) is 11.8 Å². The lowest BCUT2D eigenvalue weighted by molar-refractivity contribution is -0.130. The third-order valence-electron chi connectivity index (χ3n) is 5.45. The van der Waals surface area contributed by atoms with Crippen LogP contribution in [0.25, 0.3) is 11.3 Å². The molecular formula is C24H23N3O4. The number of aryl methyl sites for hydroxylation is 1. The monoisotopic (exact) mass is 417 g/mol. The molecule has 0 radical (unpaired) electrons. The van der Waals surface area contributed by atoms with Gasteiger partial charge in [0.15, 0.2) is 5.76 Å². The van der Waals surface area contributed by atoms with Crippen LogP contribution in [0.15, 0.2) is 65.2 Å². The van der Waals surface area contributed by atoms with E-state index in [9.17, 15) is 14.4 Å². The highest BCUT2D eigenvalue weighted by atomic mass is 16.5. The van der Waals surface area contributed by atoms with Gasteiger partial charge in [-0.25, -0.2) is 0 Å². The minimum atomic E-state index is -0.560. The molecule has 1 aliphatic rings. The summed E-state index contributed by atoms with van der Waals surface area (Å²) >= 11 is 0. The Balaban J connectivity index is 1.41. The molecule has 1 aromatic heterocycles. The maximum absolute atomic E-state index is 12.9. The molecule has 1 saturated heterocycles. The Kier molecular flexibility index (Phi) is 5.66. The lowest BCUT2D eigenvalue weighted by atomic mass is 10.0. The molecule has 158 valence electrons. The molecule has 2 aromatic carbocycles. The summed E-state index contributed by atoms with van der Waals surface area (Å²) in [7, 11) is 0. The molecule has 0 bridgehead atoms. The van der Waals surface area contributed by atoms with Gasteiger partial charge in [-0.1, -0.05) is 47.6 Å². The van der Waals surface area contributed by atoms with E-state index in [0.717, 1.165) is 11.3 Å². The van der Waals surface area contributed by atoms with E-state index in [1.807, 2.05) is 32.0 Å². The zero-order valence-corrected chi connectivity index (χ0v) is 17.4.